The van der Waals surface area contributed by atoms with Crippen LogP contribution in [0.2, 0.25) is 0 Å². The molecule has 0 aliphatic rings. The van der Waals surface area contributed by atoms with E-state index in [2.05, 4.69) is 39.6 Å². The molecule has 0 aromatic carbocycles. The van der Waals surface area contributed by atoms with Crippen LogP contribution in [0.5, 0.6) is 0 Å². The summed E-state index contributed by atoms with van der Waals surface area (Å²) in [6.45, 7) is 4.72. The van der Waals surface area contributed by atoms with E-state index in [9.17, 15) is 4.79 Å². The maximum absolute atomic E-state index is 11.7. The zero-order valence-electron chi connectivity index (χ0n) is 10.6. The molecule has 7 nitrogen and oxygen atoms in total. The van der Waals surface area contributed by atoms with Gasteiger partial charge in [-0.2, -0.15) is 0 Å². The third-order valence-electron chi connectivity index (χ3n) is 2.05. The van der Waals surface area contributed by atoms with Crippen LogP contribution in [0.1, 0.15) is 20.3 Å². The molecule has 2 heterocycles. The van der Waals surface area contributed by atoms with Crippen molar-refractivity contribution in [1.29, 1.82) is 0 Å². The lowest BCUT2D eigenvalue weighted by Gasteiger charge is -2.01. The quantitative estimate of drug-likeness (QED) is 0.645. The highest BCUT2D eigenvalue weighted by atomic mass is 32.2. The second kappa shape index (κ2) is 6.62. The van der Waals surface area contributed by atoms with Gasteiger partial charge in [-0.15, -0.1) is 20.4 Å². The Kier molecular flexibility index (Phi) is 4.86. The Balaban J connectivity index is 1.80. The first-order valence-corrected chi connectivity index (χ1v) is 7.45. The van der Waals surface area contributed by atoms with Gasteiger partial charge >= 0.3 is 0 Å². The van der Waals surface area contributed by atoms with E-state index in [1.165, 1.54) is 11.3 Å². The summed E-state index contributed by atoms with van der Waals surface area (Å²) in [5, 5.41) is 19.0. The molecule has 0 aliphatic heterocycles. The van der Waals surface area contributed by atoms with E-state index in [-0.39, 0.29) is 5.91 Å². The second-order valence-corrected chi connectivity index (χ2v) is 6.84. The molecule has 0 fully saturated rings. The summed E-state index contributed by atoms with van der Waals surface area (Å²) in [6.07, 6.45) is 3.51. The Bertz CT molecular complexity index is 524. The van der Waals surface area contributed by atoms with Gasteiger partial charge in [-0.3, -0.25) is 4.79 Å². The molecule has 0 bridgehead atoms. The number of nitrogens with one attached hydrogen (secondary N) is 1. The molecule has 1 amide bonds. The van der Waals surface area contributed by atoms with E-state index < -0.39 is 0 Å². The van der Waals surface area contributed by atoms with Crippen LogP contribution in [0.3, 0.4) is 0 Å². The summed E-state index contributed by atoms with van der Waals surface area (Å²) < 4.78 is 2.61. The summed E-state index contributed by atoms with van der Waals surface area (Å²) in [5.41, 5.74) is 0. The predicted molar refractivity (Wildman–Crippen MR) is 74.2 cm³/mol. The van der Waals surface area contributed by atoms with Gasteiger partial charge in [0.05, 0.1) is 0 Å². The highest BCUT2D eigenvalue weighted by molar-refractivity contribution is 8.01. The topological polar surface area (TPSA) is 85.6 Å². The fourth-order valence-corrected chi connectivity index (χ4v) is 3.25. The first-order valence-electron chi connectivity index (χ1n) is 5.76. The molecular weight excluding hydrogens is 284 g/mol. The third kappa shape index (κ3) is 4.60. The average Bonchev–Trinajstić information content (AvgIpc) is 2.97. The Hall–Kier alpha value is -1.48. The fraction of sp³-hybridized carbons (Fsp3) is 0.500. The smallest absolute Gasteiger partial charge is 0.227 e. The molecule has 2 rings (SSSR count). The zero-order valence-corrected chi connectivity index (χ0v) is 12.2. The van der Waals surface area contributed by atoms with Crippen LogP contribution in [-0.2, 0) is 11.3 Å². The van der Waals surface area contributed by atoms with E-state index in [0.29, 0.717) is 23.3 Å². The minimum absolute atomic E-state index is 0.0917. The van der Waals surface area contributed by atoms with Crippen molar-refractivity contribution in [3.8, 4) is 0 Å². The van der Waals surface area contributed by atoms with Gasteiger partial charge in [0.15, 0.2) is 4.34 Å². The minimum atomic E-state index is -0.0917. The lowest BCUT2D eigenvalue weighted by atomic mass is 10.4. The van der Waals surface area contributed by atoms with Crippen molar-refractivity contribution in [2.75, 3.05) is 5.32 Å². The van der Waals surface area contributed by atoms with Crippen molar-refractivity contribution in [3.05, 3.63) is 12.7 Å². The molecule has 102 valence electrons. The number of rotatable bonds is 6. The van der Waals surface area contributed by atoms with Gasteiger partial charge in [-0.1, -0.05) is 36.9 Å². The van der Waals surface area contributed by atoms with E-state index >= 15 is 0 Å². The van der Waals surface area contributed by atoms with Crippen molar-refractivity contribution in [2.45, 2.75) is 36.4 Å². The molecule has 0 saturated heterocycles. The molecule has 0 atom stereocenters. The van der Waals surface area contributed by atoms with Crippen molar-refractivity contribution in [1.82, 2.24) is 25.0 Å². The number of thioether (sulfide) groups is 1. The van der Waals surface area contributed by atoms with Crippen LogP contribution >= 0.6 is 23.1 Å². The van der Waals surface area contributed by atoms with E-state index in [1.54, 1.807) is 29.0 Å². The third-order valence-corrected chi connectivity index (χ3v) is 3.98. The molecule has 1 N–H and O–H groups in total. The summed E-state index contributed by atoms with van der Waals surface area (Å²) in [5.74, 6) is -0.0917. The van der Waals surface area contributed by atoms with Crippen LogP contribution < -0.4 is 5.32 Å². The predicted octanol–water partition coefficient (Wildman–Crippen LogP) is 1.66. The van der Waals surface area contributed by atoms with Crippen molar-refractivity contribution < 1.29 is 4.79 Å². The fourth-order valence-electron chi connectivity index (χ4n) is 1.26. The Morgan fingerprint density at radius 2 is 2.16 bits per heavy atom. The Morgan fingerprint density at radius 3 is 2.84 bits per heavy atom. The van der Waals surface area contributed by atoms with Gasteiger partial charge in [0, 0.05) is 18.2 Å². The average molecular weight is 298 g/mol. The number of hydrogen-bond acceptors (Lipinski definition) is 7. The molecule has 0 saturated carbocycles. The number of hydrogen-bond donors (Lipinski definition) is 1. The molecule has 19 heavy (non-hydrogen) atoms. The van der Waals surface area contributed by atoms with Gasteiger partial charge in [0.1, 0.15) is 12.7 Å². The number of aromatic nitrogens is 5. The SMILES string of the molecule is CC(C)Sc1nnc(NC(=O)CCn2cnnc2)s1. The maximum Gasteiger partial charge on any atom is 0.227 e. The van der Waals surface area contributed by atoms with Gasteiger partial charge < -0.3 is 9.88 Å². The van der Waals surface area contributed by atoms with Gasteiger partial charge in [0.2, 0.25) is 11.0 Å². The van der Waals surface area contributed by atoms with Gasteiger partial charge in [-0.25, -0.2) is 0 Å². The minimum Gasteiger partial charge on any atom is -0.320 e. The van der Waals surface area contributed by atoms with Gasteiger partial charge in [-0.05, 0) is 0 Å². The lowest BCUT2D eigenvalue weighted by Crippen LogP contribution is -2.13. The molecule has 2 aromatic heterocycles. The largest absolute Gasteiger partial charge is 0.320 e. The van der Waals surface area contributed by atoms with E-state index in [0.717, 1.165) is 4.34 Å². The number of aryl methyl sites for hydroxylation is 1. The number of carbonyl (C=O) groups excluding carboxylic acids is 1. The molecule has 0 unspecified atom stereocenters. The Labute approximate surface area is 118 Å². The summed E-state index contributed by atoms with van der Waals surface area (Å²) >= 11 is 3.02. The number of amides is 1. The molecule has 0 radical (unpaired) electrons. The second-order valence-electron chi connectivity index (χ2n) is 4.04. The standard InChI is InChI=1S/C10H14N6OS2/c1-7(2)18-10-15-14-9(19-10)13-8(17)3-4-16-5-11-12-6-16/h5-7H,3-4H2,1-2H3,(H,13,14,17). The lowest BCUT2D eigenvalue weighted by molar-refractivity contribution is -0.116. The highest BCUT2D eigenvalue weighted by Crippen LogP contribution is 2.28. The van der Waals surface area contributed by atoms with Crippen LogP contribution in [0.4, 0.5) is 5.13 Å². The summed E-state index contributed by atoms with van der Waals surface area (Å²) in [6, 6.07) is 0. The highest BCUT2D eigenvalue weighted by Gasteiger charge is 2.09. The maximum atomic E-state index is 11.7. The monoisotopic (exact) mass is 298 g/mol. The molecule has 2 aromatic rings. The summed E-state index contributed by atoms with van der Waals surface area (Å²) in [7, 11) is 0. The zero-order chi connectivity index (χ0) is 13.7. The first-order chi connectivity index (χ1) is 9.13. The molecule has 0 aliphatic carbocycles. The van der Waals surface area contributed by atoms with Gasteiger partial charge in [0.25, 0.3) is 0 Å². The summed E-state index contributed by atoms with van der Waals surface area (Å²) in [4.78, 5) is 11.7. The number of carbonyl (C=O) groups is 1. The van der Waals surface area contributed by atoms with E-state index in [4.69, 9.17) is 0 Å². The molecular formula is C10H14N6OS2. The number of anilines is 1. The van der Waals surface area contributed by atoms with E-state index in [1.807, 2.05) is 0 Å². The first kappa shape index (κ1) is 13.9. The van der Waals surface area contributed by atoms with Crippen LogP contribution in [0, 0.1) is 0 Å². The van der Waals surface area contributed by atoms with Crippen molar-refractivity contribution >= 4 is 34.1 Å². The normalized spacial score (nSPS) is 10.9. The number of nitrogens with zero attached hydrogens (tertiary/aromatic N) is 5. The van der Waals surface area contributed by atoms with Crippen LogP contribution in [-0.4, -0.2) is 36.1 Å². The van der Waals surface area contributed by atoms with Crippen LogP contribution in [0.15, 0.2) is 17.0 Å². The molecule has 9 heteroatoms. The molecule has 0 spiro atoms. The van der Waals surface area contributed by atoms with Crippen molar-refractivity contribution in [3.63, 3.8) is 0 Å². The van der Waals surface area contributed by atoms with Crippen LogP contribution in [0.25, 0.3) is 0 Å². The van der Waals surface area contributed by atoms with Crippen molar-refractivity contribution in [2.24, 2.45) is 0 Å². The Morgan fingerprint density at radius 1 is 1.42 bits per heavy atom.